The summed E-state index contributed by atoms with van der Waals surface area (Å²) in [7, 11) is 1.53. The summed E-state index contributed by atoms with van der Waals surface area (Å²) in [4.78, 5) is 16.0. The van der Waals surface area contributed by atoms with Gasteiger partial charge in [-0.25, -0.2) is 9.78 Å². The number of amides is 2. The molecule has 0 atom stereocenters. The molecule has 0 spiro atoms. The number of halogens is 2. The molecule has 2 N–H and O–H groups in total. The lowest BCUT2D eigenvalue weighted by atomic mass is 10.2. The van der Waals surface area contributed by atoms with Crippen molar-refractivity contribution in [1.29, 1.82) is 0 Å². The molecule has 2 aromatic rings. The Morgan fingerprint density at radius 2 is 1.95 bits per heavy atom. The highest BCUT2D eigenvalue weighted by atomic mass is 35.5. The number of hydrogen-bond acceptors (Lipinski definition) is 3. The van der Waals surface area contributed by atoms with Crippen molar-refractivity contribution in [3.63, 3.8) is 0 Å². The van der Waals surface area contributed by atoms with Crippen molar-refractivity contribution in [3.8, 4) is 5.88 Å². The number of anilines is 2. The summed E-state index contributed by atoms with van der Waals surface area (Å²) in [5, 5.41) is 6.16. The lowest BCUT2D eigenvalue weighted by Crippen LogP contribution is -2.20. The van der Waals surface area contributed by atoms with Crippen LogP contribution in [-0.4, -0.2) is 18.1 Å². The highest BCUT2D eigenvalue weighted by Crippen LogP contribution is 2.25. The van der Waals surface area contributed by atoms with E-state index in [0.717, 1.165) is 5.56 Å². The third-order valence-electron chi connectivity index (χ3n) is 2.72. The standard InChI is InChI=1S/C14H13Cl2N3O2/c1-8-5-13(21-2)17-7-12(8)19-14(20)18-9-3-4-10(15)11(16)6-9/h3-7H,1-2H3,(H2,18,19,20). The van der Waals surface area contributed by atoms with Crippen molar-refractivity contribution in [2.75, 3.05) is 17.7 Å². The summed E-state index contributed by atoms with van der Waals surface area (Å²) in [5.41, 5.74) is 1.97. The number of nitrogens with one attached hydrogen (secondary N) is 2. The van der Waals surface area contributed by atoms with E-state index in [1.165, 1.54) is 13.3 Å². The molecule has 1 aromatic carbocycles. The Labute approximate surface area is 132 Å². The van der Waals surface area contributed by atoms with E-state index in [-0.39, 0.29) is 0 Å². The average molecular weight is 326 g/mol. The third kappa shape index (κ3) is 4.00. The van der Waals surface area contributed by atoms with Gasteiger partial charge in [-0.3, -0.25) is 0 Å². The topological polar surface area (TPSA) is 63.2 Å². The van der Waals surface area contributed by atoms with E-state index >= 15 is 0 Å². The van der Waals surface area contributed by atoms with E-state index in [0.29, 0.717) is 27.3 Å². The molecule has 0 saturated heterocycles. The van der Waals surface area contributed by atoms with E-state index in [2.05, 4.69) is 15.6 Å². The first kappa shape index (κ1) is 15.4. The Bertz CT molecular complexity index is 677. The molecule has 2 rings (SSSR count). The van der Waals surface area contributed by atoms with Gasteiger partial charge >= 0.3 is 6.03 Å². The highest BCUT2D eigenvalue weighted by molar-refractivity contribution is 6.42. The monoisotopic (exact) mass is 325 g/mol. The number of benzene rings is 1. The van der Waals surface area contributed by atoms with Crippen molar-refractivity contribution < 1.29 is 9.53 Å². The van der Waals surface area contributed by atoms with Crippen LogP contribution >= 0.6 is 23.2 Å². The molecule has 0 aliphatic carbocycles. The van der Waals surface area contributed by atoms with Crippen molar-refractivity contribution in [2.45, 2.75) is 6.92 Å². The lowest BCUT2D eigenvalue weighted by Gasteiger charge is -2.10. The van der Waals surface area contributed by atoms with Gasteiger partial charge < -0.3 is 15.4 Å². The number of methoxy groups -OCH3 is 1. The third-order valence-corrected chi connectivity index (χ3v) is 3.46. The minimum absolute atomic E-state index is 0.372. The number of aryl methyl sites for hydroxylation is 1. The molecule has 1 heterocycles. The van der Waals surface area contributed by atoms with Crippen molar-refractivity contribution >= 4 is 40.6 Å². The number of nitrogens with zero attached hydrogens (tertiary/aromatic N) is 1. The zero-order chi connectivity index (χ0) is 15.4. The van der Waals surface area contributed by atoms with Gasteiger partial charge in [0, 0.05) is 11.8 Å². The molecule has 2 amide bonds. The number of ether oxygens (including phenoxy) is 1. The van der Waals surface area contributed by atoms with Crippen LogP contribution in [0.2, 0.25) is 10.0 Å². The van der Waals surface area contributed by atoms with Gasteiger partial charge in [-0.15, -0.1) is 0 Å². The number of carbonyl (C=O) groups is 1. The van der Waals surface area contributed by atoms with E-state index < -0.39 is 6.03 Å². The Hall–Kier alpha value is -1.98. The van der Waals surface area contributed by atoms with Crippen LogP contribution in [0, 0.1) is 6.92 Å². The predicted octanol–water partition coefficient (Wildman–Crippen LogP) is 4.35. The fourth-order valence-electron chi connectivity index (χ4n) is 1.63. The predicted molar refractivity (Wildman–Crippen MR) is 84.6 cm³/mol. The number of pyridine rings is 1. The van der Waals surface area contributed by atoms with Crippen molar-refractivity contribution in [1.82, 2.24) is 4.98 Å². The second-order valence-electron chi connectivity index (χ2n) is 4.25. The van der Waals surface area contributed by atoms with Crippen LogP contribution in [0.15, 0.2) is 30.5 Å². The van der Waals surface area contributed by atoms with E-state index in [9.17, 15) is 4.79 Å². The fraction of sp³-hybridized carbons (Fsp3) is 0.143. The first-order chi connectivity index (χ1) is 9.99. The van der Waals surface area contributed by atoms with Crippen LogP contribution in [-0.2, 0) is 0 Å². The molecule has 0 saturated carbocycles. The molecule has 0 unspecified atom stereocenters. The van der Waals surface area contributed by atoms with Crippen LogP contribution in [0.1, 0.15) is 5.56 Å². The first-order valence-corrected chi connectivity index (χ1v) is 6.79. The second kappa shape index (κ2) is 6.65. The molecule has 0 bridgehead atoms. The zero-order valence-electron chi connectivity index (χ0n) is 11.4. The highest BCUT2D eigenvalue weighted by Gasteiger charge is 2.08. The minimum Gasteiger partial charge on any atom is -0.481 e. The molecule has 5 nitrogen and oxygen atoms in total. The Morgan fingerprint density at radius 1 is 1.19 bits per heavy atom. The minimum atomic E-state index is -0.400. The lowest BCUT2D eigenvalue weighted by molar-refractivity contribution is 0.262. The normalized spacial score (nSPS) is 10.1. The summed E-state index contributed by atoms with van der Waals surface area (Å²) in [5.74, 6) is 0.489. The molecule has 21 heavy (non-hydrogen) atoms. The smallest absolute Gasteiger partial charge is 0.323 e. The molecule has 7 heteroatoms. The molecule has 110 valence electrons. The van der Waals surface area contributed by atoms with Crippen LogP contribution in [0.4, 0.5) is 16.2 Å². The fourth-order valence-corrected chi connectivity index (χ4v) is 1.93. The Kier molecular flexibility index (Phi) is 4.88. The summed E-state index contributed by atoms with van der Waals surface area (Å²) < 4.78 is 5.01. The summed E-state index contributed by atoms with van der Waals surface area (Å²) in [6.07, 6.45) is 1.53. The maximum Gasteiger partial charge on any atom is 0.323 e. The maximum absolute atomic E-state index is 11.9. The molecule has 0 radical (unpaired) electrons. The number of urea groups is 1. The Balaban J connectivity index is 2.06. The number of aromatic nitrogens is 1. The van der Waals surface area contributed by atoms with Gasteiger partial charge in [-0.2, -0.15) is 0 Å². The van der Waals surface area contributed by atoms with Crippen LogP contribution in [0.25, 0.3) is 0 Å². The van der Waals surface area contributed by atoms with Gasteiger partial charge in [-0.1, -0.05) is 23.2 Å². The number of carbonyl (C=O) groups excluding carboxylic acids is 1. The molecule has 0 aliphatic rings. The van der Waals surface area contributed by atoms with Crippen LogP contribution < -0.4 is 15.4 Å². The molecule has 0 fully saturated rings. The first-order valence-electron chi connectivity index (χ1n) is 6.03. The summed E-state index contributed by atoms with van der Waals surface area (Å²) in [6, 6.07) is 6.17. The quantitative estimate of drug-likeness (QED) is 0.881. The Morgan fingerprint density at radius 3 is 2.57 bits per heavy atom. The van der Waals surface area contributed by atoms with Gasteiger partial charge in [-0.05, 0) is 30.7 Å². The van der Waals surface area contributed by atoms with Crippen molar-refractivity contribution in [3.05, 3.63) is 46.1 Å². The van der Waals surface area contributed by atoms with Crippen LogP contribution in [0.3, 0.4) is 0 Å². The van der Waals surface area contributed by atoms with Gasteiger partial charge in [0.2, 0.25) is 5.88 Å². The van der Waals surface area contributed by atoms with Gasteiger partial charge in [0.25, 0.3) is 0 Å². The number of rotatable bonds is 3. The van der Waals surface area contributed by atoms with E-state index in [4.69, 9.17) is 27.9 Å². The second-order valence-corrected chi connectivity index (χ2v) is 5.06. The maximum atomic E-state index is 11.9. The average Bonchev–Trinajstić information content (AvgIpc) is 2.45. The largest absolute Gasteiger partial charge is 0.481 e. The SMILES string of the molecule is COc1cc(C)c(NC(=O)Nc2ccc(Cl)c(Cl)c2)cn1. The van der Waals surface area contributed by atoms with Gasteiger partial charge in [0.15, 0.2) is 0 Å². The van der Waals surface area contributed by atoms with Crippen LogP contribution in [0.5, 0.6) is 5.88 Å². The van der Waals surface area contributed by atoms with Crippen molar-refractivity contribution in [2.24, 2.45) is 0 Å². The summed E-state index contributed by atoms with van der Waals surface area (Å²) in [6.45, 7) is 1.85. The van der Waals surface area contributed by atoms with E-state index in [1.54, 1.807) is 24.3 Å². The van der Waals surface area contributed by atoms with Gasteiger partial charge in [0.1, 0.15) is 0 Å². The van der Waals surface area contributed by atoms with Gasteiger partial charge in [0.05, 0.1) is 29.0 Å². The zero-order valence-corrected chi connectivity index (χ0v) is 12.9. The molecule has 1 aromatic heterocycles. The molecule has 0 aliphatic heterocycles. The molecular weight excluding hydrogens is 313 g/mol. The summed E-state index contributed by atoms with van der Waals surface area (Å²) >= 11 is 11.7. The molecular formula is C14H13Cl2N3O2. The van der Waals surface area contributed by atoms with E-state index in [1.807, 2.05) is 6.92 Å². The number of hydrogen-bond donors (Lipinski definition) is 2.